The quantitative estimate of drug-likeness (QED) is 0.732. The molecule has 0 aliphatic heterocycles. The van der Waals surface area contributed by atoms with E-state index in [9.17, 15) is 13.2 Å². The summed E-state index contributed by atoms with van der Waals surface area (Å²) in [5.74, 6) is -1.86. The molecule has 0 saturated carbocycles. The van der Waals surface area contributed by atoms with E-state index < -0.39 is 30.0 Å². The molecule has 0 aromatic carbocycles. The number of rotatable bonds is 2. The largest absolute Gasteiger partial charge is 0.455 e. The molecule has 0 bridgehead atoms. The van der Waals surface area contributed by atoms with Gasteiger partial charge in [-0.2, -0.15) is 18.2 Å². The van der Waals surface area contributed by atoms with E-state index in [2.05, 4.69) is 14.7 Å². The van der Waals surface area contributed by atoms with Gasteiger partial charge in [0.2, 0.25) is 5.89 Å². The van der Waals surface area contributed by atoms with Crippen LogP contribution < -0.4 is 5.73 Å². The van der Waals surface area contributed by atoms with Crippen molar-refractivity contribution in [1.82, 2.24) is 10.1 Å². The Kier molecular flexibility index (Phi) is 2.50. The third-order valence-corrected chi connectivity index (χ3v) is 1.50. The fraction of sp³-hybridized carbons (Fsp3) is 0.667. The highest BCUT2D eigenvalue weighted by atomic mass is 19.4. The SMILES string of the molecule is CC(N)(CO)c1nc(C(F)(F)F)no1. The fourth-order valence-electron chi connectivity index (χ4n) is 0.638. The lowest BCUT2D eigenvalue weighted by Crippen LogP contribution is -2.37. The lowest BCUT2D eigenvalue weighted by molar-refractivity contribution is -0.146. The second-order valence-electron chi connectivity index (χ2n) is 3.00. The molecule has 1 atom stereocenters. The predicted octanol–water partition coefficient (Wildman–Crippen LogP) is 0.255. The Balaban J connectivity index is 3.00. The van der Waals surface area contributed by atoms with Crippen LogP contribution in [0.2, 0.25) is 0 Å². The second kappa shape index (κ2) is 3.21. The van der Waals surface area contributed by atoms with E-state index in [1.165, 1.54) is 6.92 Å². The molecule has 80 valence electrons. The first-order chi connectivity index (χ1) is 6.27. The zero-order valence-electron chi connectivity index (χ0n) is 7.17. The number of halogens is 3. The number of aromatic nitrogens is 2. The Morgan fingerprint density at radius 2 is 2.07 bits per heavy atom. The van der Waals surface area contributed by atoms with Crippen molar-refractivity contribution < 1.29 is 22.8 Å². The van der Waals surface area contributed by atoms with Gasteiger partial charge in [0, 0.05) is 0 Å². The van der Waals surface area contributed by atoms with Gasteiger partial charge in [-0.1, -0.05) is 5.16 Å². The van der Waals surface area contributed by atoms with Crippen LogP contribution in [-0.2, 0) is 11.7 Å². The highest BCUT2D eigenvalue weighted by Gasteiger charge is 2.39. The second-order valence-corrected chi connectivity index (χ2v) is 3.00. The van der Waals surface area contributed by atoms with Gasteiger partial charge in [-0.3, -0.25) is 0 Å². The van der Waals surface area contributed by atoms with Gasteiger partial charge in [0.15, 0.2) is 0 Å². The molecule has 3 N–H and O–H groups in total. The molecule has 1 aromatic rings. The molecule has 5 nitrogen and oxygen atoms in total. The first kappa shape index (κ1) is 10.9. The number of nitrogens with two attached hydrogens (primary N) is 1. The molecule has 0 spiro atoms. The van der Waals surface area contributed by atoms with E-state index in [-0.39, 0.29) is 0 Å². The van der Waals surface area contributed by atoms with E-state index in [0.717, 1.165) is 0 Å². The van der Waals surface area contributed by atoms with Crippen molar-refractivity contribution in [3.8, 4) is 0 Å². The summed E-state index contributed by atoms with van der Waals surface area (Å²) in [5.41, 5.74) is 3.92. The normalized spacial score (nSPS) is 16.7. The summed E-state index contributed by atoms with van der Waals surface area (Å²) in [7, 11) is 0. The first-order valence-corrected chi connectivity index (χ1v) is 3.58. The van der Waals surface area contributed by atoms with Gasteiger partial charge in [-0.05, 0) is 6.92 Å². The third kappa shape index (κ3) is 2.02. The molecule has 14 heavy (non-hydrogen) atoms. The van der Waals surface area contributed by atoms with Crippen molar-refractivity contribution in [2.75, 3.05) is 6.61 Å². The van der Waals surface area contributed by atoms with Crippen LogP contribution in [0.25, 0.3) is 0 Å². The smallest absolute Gasteiger partial charge is 0.394 e. The predicted molar refractivity (Wildman–Crippen MR) is 37.9 cm³/mol. The van der Waals surface area contributed by atoms with Crippen LogP contribution in [0, 0.1) is 0 Å². The Morgan fingerprint density at radius 3 is 2.43 bits per heavy atom. The van der Waals surface area contributed by atoms with E-state index in [1.807, 2.05) is 0 Å². The Morgan fingerprint density at radius 1 is 1.50 bits per heavy atom. The molecule has 1 rings (SSSR count). The minimum atomic E-state index is -4.67. The van der Waals surface area contributed by atoms with Crippen molar-refractivity contribution in [2.45, 2.75) is 18.6 Å². The van der Waals surface area contributed by atoms with Crippen molar-refractivity contribution >= 4 is 0 Å². The molecular formula is C6H8F3N3O2. The van der Waals surface area contributed by atoms with Crippen LogP contribution in [0.4, 0.5) is 13.2 Å². The van der Waals surface area contributed by atoms with Gasteiger partial charge < -0.3 is 15.4 Å². The minimum absolute atomic E-state index is 0.452. The van der Waals surface area contributed by atoms with Crippen molar-refractivity contribution in [1.29, 1.82) is 0 Å². The highest BCUT2D eigenvalue weighted by Crippen LogP contribution is 2.27. The maximum atomic E-state index is 12.0. The van der Waals surface area contributed by atoms with Gasteiger partial charge in [0.25, 0.3) is 5.82 Å². The number of alkyl halides is 3. The van der Waals surface area contributed by atoms with Gasteiger partial charge in [0.1, 0.15) is 5.54 Å². The number of aliphatic hydroxyl groups excluding tert-OH is 1. The Bertz CT molecular complexity index is 320. The summed E-state index contributed by atoms with van der Waals surface area (Å²) < 4.78 is 40.3. The fourth-order valence-corrected chi connectivity index (χ4v) is 0.638. The molecule has 1 aromatic heterocycles. The Hall–Kier alpha value is -1.15. The standard InChI is InChI=1S/C6H8F3N3O2/c1-5(10,2-13)4-11-3(12-14-4)6(7,8)9/h13H,2,10H2,1H3. The number of aliphatic hydroxyl groups is 1. The summed E-state index contributed by atoms with van der Waals surface area (Å²) in [6.07, 6.45) is -4.67. The molecule has 8 heteroatoms. The van der Waals surface area contributed by atoms with Crippen LogP contribution in [-0.4, -0.2) is 21.9 Å². The van der Waals surface area contributed by atoms with Gasteiger partial charge in [-0.15, -0.1) is 0 Å². The van der Waals surface area contributed by atoms with E-state index in [1.54, 1.807) is 0 Å². The maximum absolute atomic E-state index is 12.0. The molecular weight excluding hydrogens is 203 g/mol. The van der Waals surface area contributed by atoms with Crippen molar-refractivity contribution in [3.63, 3.8) is 0 Å². The molecule has 0 radical (unpaired) electrons. The van der Waals surface area contributed by atoms with E-state index in [4.69, 9.17) is 10.8 Å². The van der Waals surface area contributed by atoms with Crippen LogP contribution in [0.15, 0.2) is 4.52 Å². The summed E-state index contributed by atoms with van der Waals surface area (Å²) in [6, 6.07) is 0. The zero-order chi connectivity index (χ0) is 11.0. The van der Waals surface area contributed by atoms with Crippen molar-refractivity contribution in [3.05, 3.63) is 11.7 Å². The summed E-state index contributed by atoms with van der Waals surface area (Å²) in [6.45, 7) is 0.688. The van der Waals surface area contributed by atoms with E-state index in [0.29, 0.717) is 0 Å². The monoisotopic (exact) mass is 211 g/mol. The van der Waals surface area contributed by atoms with E-state index >= 15 is 0 Å². The molecule has 1 heterocycles. The summed E-state index contributed by atoms with van der Waals surface area (Å²) >= 11 is 0. The van der Waals surface area contributed by atoms with Crippen molar-refractivity contribution in [2.24, 2.45) is 5.73 Å². The number of nitrogens with zero attached hydrogens (tertiary/aromatic N) is 2. The summed E-state index contributed by atoms with van der Waals surface area (Å²) in [4.78, 5) is 3.04. The lowest BCUT2D eigenvalue weighted by Gasteiger charge is -2.15. The average molecular weight is 211 g/mol. The molecule has 0 aliphatic carbocycles. The third-order valence-electron chi connectivity index (χ3n) is 1.50. The van der Waals surface area contributed by atoms with Crippen LogP contribution in [0.1, 0.15) is 18.6 Å². The lowest BCUT2D eigenvalue weighted by atomic mass is 10.1. The highest BCUT2D eigenvalue weighted by molar-refractivity contribution is 5.01. The number of hydrogen-bond donors (Lipinski definition) is 2. The Labute approximate surface area is 76.7 Å². The molecule has 0 fully saturated rings. The van der Waals surface area contributed by atoms with Gasteiger partial charge >= 0.3 is 6.18 Å². The number of hydrogen-bond acceptors (Lipinski definition) is 5. The first-order valence-electron chi connectivity index (χ1n) is 3.58. The van der Waals surface area contributed by atoms with Crippen LogP contribution >= 0.6 is 0 Å². The maximum Gasteiger partial charge on any atom is 0.455 e. The molecule has 1 unspecified atom stereocenters. The summed E-state index contributed by atoms with van der Waals surface area (Å²) in [5, 5.41) is 11.4. The molecule has 0 saturated heterocycles. The topological polar surface area (TPSA) is 85.2 Å². The van der Waals surface area contributed by atoms with Crippen LogP contribution in [0.3, 0.4) is 0 Å². The van der Waals surface area contributed by atoms with Gasteiger partial charge in [-0.25, -0.2) is 0 Å². The zero-order valence-corrected chi connectivity index (χ0v) is 7.17. The minimum Gasteiger partial charge on any atom is -0.394 e. The molecule has 0 amide bonds. The van der Waals surface area contributed by atoms with Gasteiger partial charge in [0.05, 0.1) is 6.61 Å². The average Bonchev–Trinajstić information content (AvgIpc) is 2.51. The van der Waals surface area contributed by atoms with Crippen LogP contribution in [0.5, 0.6) is 0 Å². The molecule has 0 aliphatic rings.